The van der Waals surface area contributed by atoms with Gasteiger partial charge in [0, 0.05) is 10.6 Å². The van der Waals surface area contributed by atoms with E-state index >= 15 is 0 Å². The molecule has 2 aromatic carbocycles. The van der Waals surface area contributed by atoms with Crippen LogP contribution in [-0.4, -0.2) is 5.91 Å². The van der Waals surface area contributed by atoms with E-state index in [-0.39, 0.29) is 10.6 Å². The number of amides is 1. The van der Waals surface area contributed by atoms with Gasteiger partial charge in [0.05, 0.1) is 10.6 Å². The van der Waals surface area contributed by atoms with Gasteiger partial charge in [0.1, 0.15) is 18.2 Å². The molecule has 3 nitrogen and oxygen atoms in total. The van der Waals surface area contributed by atoms with Crippen molar-refractivity contribution in [3.05, 3.63) is 81.3 Å². The fourth-order valence-corrected chi connectivity index (χ4v) is 2.92. The molecule has 0 unspecified atom stereocenters. The molecule has 0 aliphatic heterocycles. The second-order valence-electron chi connectivity index (χ2n) is 4.97. The summed E-state index contributed by atoms with van der Waals surface area (Å²) in [4.78, 5) is 13.3. The third-order valence-corrected chi connectivity index (χ3v) is 4.41. The molecular weight excluding hydrogens is 349 g/mol. The SMILES string of the molecule is O=C(Nc1ccc(OCc2cccs2)cc1)c1ccc(F)cc1Cl. The standard InChI is InChI=1S/C18H13ClFNO2S/c19-17-10-12(20)3-8-16(17)18(22)21-13-4-6-14(7-5-13)23-11-15-2-1-9-24-15/h1-10H,11H2,(H,21,22). The Hall–Kier alpha value is -2.37. The van der Waals surface area contributed by atoms with Gasteiger partial charge in [0.25, 0.3) is 5.91 Å². The summed E-state index contributed by atoms with van der Waals surface area (Å²) in [6, 6.07) is 14.7. The van der Waals surface area contributed by atoms with Crippen molar-refractivity contribution >= 4 is 34.5 Å². The highest BCUT2D eigenvalue weighted by atomic mass is 35.5. The number of hydrogen-bond donors (Lipinski definition) is 1. The van der Waals surface area contributed by atoms with E-state index in [1.54, 1.807) is 35.6 Å². The molecule has 24 heavy (non-hydrogen) atoms. The molecule has 0 fully saturated rings. The molecule has 1 heterocycles. The molecular formula is C18H13ClFNO2S. The topological polar surface area (TPSA) is 38.3 Å². The summed E-state index contributed by atoms with van der Waals surface area (Å²) in [7, 11) is 0. The molecule has 0 saturated carbocycles. The Morgan fingerprint density at radius 2 is 1.96 bits per heavy atom. The fourth-order valence-electron chi connectivity index (χ4n) is 2.06. The third kappa shape index (κ3) is 4.13. The molecule has 1 N–H and O–H groups in total. The van der Waals surface area contributed by atoms with E-state index in [1.807, 2.05) is 17.5 Å². The van der Waals surface area contributed by atoms with Crippen molar-refractivity contribution in [3.8, 4) is 5.75 Å². The van der Waals surface area contributed by atoms with Crippen molar-refractivity contribution in [2.24, 2.45) is 0 Å². The van der Waals surface area contributed by atoms with Crippen LogP contribution in [0.15, 0.2) is 60.0 Å². The van der Waals surface area contributed by atoms with Gasteiger partial charge in [-0.2, -0.15) is 0 Å². The first-order valence-corrected chi connectivity index (χ1v) is 8.39. The average molecular weight is 362 g/mol. The van der Waals surface area contributed by atoms with Crippen LogP contribution in [0.4, 0.5) is 10.1 Å². The quantitative estimate of drug-likeness (QED) is 0.663. The lowest BCUT2D eigenvalue weighted by Gasteiger charge is -2.09. The highest BCUT2D eigenvalue weighted by molar-refractivity contribution is 7.09. The molecule has 0 atom stereocenters. The Labute approximate surface area is 147 Å². The van der Waals surface area contributed by atoms with E-state index in [1.165, 1.54) is 12.1 Å². The summed E-state index contributed by atoms with van der Waals surface area (Å²) < 4.78 is 18.7. The van der Waals surface area contributed by atoms with Gasteiger partial charge in [0.15, 0.2) is 0 Å². The smallest absolute Gasteiger partial charge is 0.257 e. The van der Waals surface area contributed by atoms with Gasteiger partial charge >= 0.3 is 0 Å². The summed E-state index contributed by atoms with van der Waals surface area (Å²) in [5, 5.41) is 4.79. The minimum Gasteiger partial charge on any atom is -0.488 e. The number of hydrogen-bond acceptors (Lipinski definition) is 3. The van der Waals surface area contributed by atoms with E-state index in [0.717, 1.165) is 10.9 Å². The molecule has 0 aliphatic rings. The minimum absolute atomic E-state index is 0.0726. The molecule has 0 radical (unpaired) electrons. The van der Waals surface area contributed by atoms with Crippen LogP contribution in [0.1, 0.15) is 15.2 Å². The number of carbonyl (C=O) groups is 1. The molecule has 0 bridgehead atoms. The van der Waals surface area contributed by atoms with E-state index in [2.05, 4.69) is 5.32 Å². The fraction of sp³-hybridized carbons (Fsp3) is 0.0556. The number of anilines is 1. The van der Waals surface area contributed by atoms with Crippen LogP contribution >= 0.6 is 22.9 Å². The number of nitrogens with one attached hydrogen (secondary N) is 1. The Balaban J connectivity index is 1.62. The Morgan fingerprint density at radius 1 is 1.17 bits per heavy atom. The van der Waals surface area contributed by atoms with E-state index in [4.69, 9.17) is 16.3 Å². The highest BCUT2D eigenvalue weighted by Crippen LogP contribution is 2.21. The molecule has 0 aliphatic carbocycles. The van der Waals surface area contributed by atoms with Crippen LogP contribution < -0.4 is 10.1 Å². The summed E-state index contributed by atoms with van der Waals surface area (Å²) in [5.74, 6) is -0.169. The van der Waals surface area contributed by atoms with E-state index in [9.17, 15) is 9.18 Å². The third-order valence-electron chi connectivity index (χ3n) is 3.25. The molecule has 0 spiro atoms. The van der Waals surface area contributed by atoms with Crippen molar-refractivity contribution < 1.29 is 13.9 Å². The zero-order valence-corrected chi connectivity index (χ0v) is 14.0. The van der Waals surface area contributed by atoms with Crippen LogP contribution in [0.3, 0.4) is 0 Å². The lowest BCUT2D eigenvalue weighted by atomic mass is 10.2. The lowest BCUT2D eigenvalue weighted by Crippen LogP contribution is -2.12. The van der Waals surface area contributed by atoms with Gasteiger partial charge in [-0.3, -0.25) is 4.79 Å². The predicted octanol–water partition coefficient (Wildman–Crippen LogP) is 5.37. The summed E-state index contributed by atoms with van der Waals surface area (Å²) >= 11 is 7.52. The molecule has 122 valence electrons. The van der Waals surface area contributed by atoms with Crippen LogP contribution in [0.5, 0.6) is 5.75 Å². The first-order chi connectivity index (χ1) is 11.6. The molecule has 0 saturated heterocycles. The Morgan fingerprint density at radius 3 is 2.62 bits per heavy atom. The second kappa shape index (κ2) is 7.47. The highest BCUT2D eigenvalue weighted by Gasteiger charge is 2.11. The van der Waals surface area contributed by atoms with E-state index < -0.39 is 11.7 Å². The summed E-state index contributed by atoms with van der Waals surface area (Å²) in [6.45, 7) is 0.508. The maximum Gasteiger partial charge on any atom is 0.257 e. The number of halogens is 2. The Kier molecular flexibility index (Phi) is 5.13. The minimum atomic E-state index is -0.483. The number of carbonyl (C=O) groups excluding carboxylic acids is 1. The summed E-state index contributed by atoms with van der Waals surface area (Å²) in [6.07, 6.45) is 0. The Bertz CT molecular complexity index is 835. The van der Waals surface area contributed by atoms with Crippen LogP contribution in [0, 0.1) is 5.82 Å². The van der Waals surface area contributed by atoms with E-state index in [0.29, 0.717) is 18.0 Å². The van der Waals surface area contributed by atoms with Crippen LogP contribution in [0.2, 0.25) is 5.02 Å². The predicted molar refractivity (Wildman–Crippen MR) is 94.5 cm³/mol. The van der Waals surface area contributed by atoms with Gasteiger partial charge < -0.3 is 10.1 Å². The van der Waals surface area contributed by atoms with Crippen molar-refractivity contribution in [1.29, 1.82) is 0 Å². The van der Waals surface area contributed by atoms with Gasteiger partial charge in [-0.1, -0.05) is 17.7 Å². The van der Waals surface area contributed by atoms with Crippen LogP contribution in [0.25, 0.3) is 0 Å². The zero-order valence-electron chi connectivity index (χ0n) is 12.5. The maximum atomic E-state index is 13.0. The second-order valence-corrected chi connectivity index (χ2v) is 6.41. The number of benzene rings is 2. The molecule has 3 rings (SSSR count). The molecule has 3 aromatic rings. The van der Waals surface area contributed by atoms with Gasteiger partial charge in [-0.15, -0.1) is 11.3 Å². The number of ether oxygens (including phenoxy) is 1. The number of thiophene rings is 1. The average Bonchev–Trinajstić information content (AvgIpc) is 3.07. The van der Waals surface area contributed by atoms with Gasteiger partial charge in [-0.05, 0) is 53.9 Å². The summed E-state index contributed by atoms with van der Waals surface area (Å²) in [5.41, 5.74) is 0.819. The zero-order chi connectivity index (χ0) is 16.9. The van der Waals surface area contributed by atoms with Crippen molar-refractivity contribution in [2.45, 2.75) is 6.61 Å². The molecule has 1 aromatic heterocycles. The maximum absolute atomic E-state index is 13.0. The monoisotopic (exact) mass is 361 g/mol. The van der Waals surface area contributed by atoms with Crippen molar-refractivity contribution in [1.82, 2.24) is 0 Å². The molecule has 1 amide bonds. The molecule has 6 heteroatoms. The van der Waals surface area contributed by atoms with Gasteiger partial charge in [-0.25, -0.2) is 4.39 Å². The lowest BCUT2D eigenvalue weighted by molar-refractivity contribution is 0.102. The van der Waals surface area contributed by atoms with Crippen LogP contribution in [-0.2, 0) is 6.61 Å². The first-order valence-electron chi connectivity index (χ1n) is 7.13. The normalized spacial score (nSPS) is 10.4. The largest absolute Gasteiger partial charge is 0.488 e. The van der Waals surface area contributed by atoms with Crippen molar-refractivity contribution in [2.75, 3.05) is 5.32 Å². The first kappa shape index (κ1) is 16.5. The number of rotatable bonds is 5. The van der Waals surface area contributed by atoms with Gasteiger partial charge in [0.2, 0.25) is 0 Å². The van der Waals surface area contributed by atoms with Crippen molar-refractivity contribution in [3.63, 3.8) is 0 Å².